The van der Waals surface area contributed by atoms with Gasteiger partial charge in [-0.2, -0.15) is 0 Å². The summed E-state index contributed by atoms with van der Waals surface area (Å²) in [5.74, 6) is -0.619. The molecule has 0 saturated carbocycles. The van der Waals surface area contributed by atoms with E-state index >= 15 is 0 Å². The molecular weight excluding hydrogens is 354 g/mol. The van der Waals surface area contributed by atoms with Crippen molar-refractivity contribution in [2.75, 3.05) is 5.32 Å². The summed E-state index contributed by atoms with van der Waals surface area (Å²) in [6.45, 7) is 7.77. The van der Waals surface area contributed by atoms with Gasteiger partial charge in [-0.3, -0.25) is 14.4 Å². The highest BCUT2D eigenvalue weighted by Crippen LogP contribution is 2.14. The molecule has 2 amide bonds. The van der Waals surface area contributed by atoms with Gasteiger partial charge in [0.1, 0.15) is 5.69 Å². The van der Waals surface area contributed by atoms with Crippen molar-refractivity contribution in [1.29, 1.82) is 0 Å². The zero-order valence-corrected chi connectivity index (χ0v) is 17.0. The van der Waals surface area contributed by atoms with Crippen LogP contribution in [0.25, 0.3) is 6.08 Å². The van der Waals surface area contributed by atoms with E-state index in [4.69, 9.17) is 0 Å². The molecule has 28 heavy (non-hydrogen) atoms. The van der Waals surface area contributed by atoms with Crippen LogP contribution < -0.4 is 10.9 Å². The number of amides is 2. The molecule has 6 nitrogen and oxygen atoms in total. The number of aromatic nitrogens is 1. The number of carbonyl (C=O) groups is 2. The maximum absolute atomic E-state index is 12.9. The summed E-state index contributed by atoms with van der Waals surface area (Å²) >= 11 is 0. The molecule has 2 rings (SSSR count). The van der Waals surface area contributed by atoms with E-state index in [1.807, 2.05) is 58.0 Å². The lowest BCUT2D eigenvalue weighted by Gasteiger charge is -2.31. The number of nitrogens with one attached hydrogen (secondary N) is 1. The van der Waals surface area contributed by atoms with Crippen LogP contribution >= 0.6 is 0 Å². The molecular formula is C22H27N3O3. The average molecular weight is 381 g/mol. The van der Waals surface area contributed by atoms with Crippen LogP contribution in [0.1, 0.15) is 43.6 Å². The molecule has 1 N–H and O–H groups in total. The van der Waals surface area contributed by atoms with E-state index in [0.29, 0.717) is 5.56 Å². The first-order valence-electron chi connectivity index (χ1n) is 9.28. The number of carbonyl (C=O) groups excluding carboxylic acids is 2. The zero-order chi connectivity index (χ0) is 20.8. The van der Waals surface area contributed by atoms with Crippen molar-refractivity contribution in [2.24, 2.45) is 7.05 Å². The first-order valence-corrected chi connectivity index (χ1v) is 9.28. The lowest BCUT2D eigenvalue weighted by Crippen LogP contribution is -2.42. The molecule has 6 heteroatoms. The lowest BCUT2D eigenvalue weighted by atomic mass is 10.1. The third-order valence-electron chi connectivity index (χ3n) is 4.26. The predicted molar refractivity (Wildman–Crippen MR) is 112 cm³/mol. The van der Waals surface area contributed by atoms with Gasteiger partial charge in [0.2, 0.25) is 5.91 Å². The Bertz CT molecular complexity index is 920. The molecule has 0 fully saturated rings. The molecule has 0 atom stereocenters. The van der Waals surface area contributed by atoms with Crippen LogP contribution in [-0.4, -0.2) is 33.4 Å². The molecule has 1 aromatic heterocycles. The number of pyridine rings is 1. The van der Waals surface area contributed by atoms with Crippen LogP contribution in [0.5, 0.6) is 0 Å². The van der Waals surface area contributed by atoms with E-state index in [-0.39, 0.29) is 29.2 Å². The van der Waals surface area contributed by atoms with E-state index in [1.165, 1.54) is 22.9 Å². The van der Waals surface area contributed by atoms with Gasteiger partial charge in [-0.25, -0.2) is 0 Å². The standard InChI is InChI=1S/C22H27N3O3/c1-15(2)25(16(3)4)21(27)18-13-19(22(28)24(5)14-18)23-20(26)12-11-17-9-7-6-8-10-17/h6-16H,1-5H3,(H,23,26)/b12-11-. The fourth-order valence-corrected chi connectivity index (χ4v) is 3.04. The van der Waals surface area contributed by atoms with E-state index in [0.717, 1.165) is 5.56 Å². The van der Waals surface area contributed by atoms with Gasteiger partial charge < -0.3 is 14.8 Å². The normalized spacial score (nSPS) is 11.2. The highest BCUT2D eigenvalue weighted by atomic mass is 16.2. The lowest BCUT2D eigenvalue weighted by molar-refractivity contribution is -0.111. The van der Waals surface area contributed by atoms with Crippen LogP contribution in [-0.2, 0) is 11.8 Å². The molecule has 2 aromatic rings. The van der Waals surface area contributed by atoms with Gasteiger partial charge in [0, 0.05) is 31.4 Å². The summed E-state index contributed by atoms with van der Waals surface area (Å²) in [6.07, 6.45) is 4.52. The van der Waals surface area contributed by atoms with Crippen molar-refractivity contribution in [3.63, 3.8) is 0 Å². The minimum Gasteiger partial charge on any atom is -0.334 e. The van der Waals surface area contributed by atoms with Gasteiger partial charge in [-0.1, -0.05) is 30.3 Å². The van der Waals surface area contributed by atoms with Gasteiger partial charge in [-0.15, -0.1) is 0 Å². The molecule has 1 heterocycles. The first-order chi connectivity index (χ1) is 13.2. The molecule has 0 radical (unpaired) electrons. The summed E-state index contributed by atoms with van der Waals surface area (Å²) in [4.78, 5) is 39.3. The summed E-state index contributed by atoms with van der Waals surface area (Å²) < 4.78 is 1.31. The van der Waals surface area contributed by atoms with Crippen molar-refractivity contribution in [3.8, 4) is 0 Å². The second kappa shape index (κ2) is 9.17. The molecule has 0 saturated heterocycles. The van der Waals surface area contributed by atoms with Crippen molar-refractivity contribution in [2.45, 2.75) is 39.8 Å². The molecule has 0 aliphatic heterocycles. The minimum absolute atomic E-state index is 0.0107. The second-order valence-corrected chi connectivity index (χ2v) is 7.19. The van der Waals surface area contributed by atoms with E-state index in [1.54, 1.807) is 18.0 Å². The predicted octanol–water partition coefficient (Wildman–Crippen LogP) is 3.30. The Morgan fingerprint density at radius 1 is 1.07 bits per heavy atom. The molecule has 0 aliphatic carbocycles. The topological polar surface area (TPSA) is 71.4 Å². The summed E-state index contributed by atoms with van der Waals surface area (Å²) in [7, 11) is 1.56. The number of nitrogens with zero attached hydrogens (tertiary/aromatic N) is 2. The maximum atomic E-state index is 12.9. The number of hydrogen-bond acceptors (Lipinski definition) is 3. The van der Waals surface area contributed by atoms with Crippen molar-refractivity contribution in [1.82, 2.24) is 9.47 Å². The average Bonchev–Trinajstić information content (AvgIpc) is 2.63. The molecule has 0 bridgehead atoms. The van der Waals surface area contributed by atoms with Gasteiger partial charge in [-0.05, 0) is 45.4 Å². The Morgan fingerprint density at radius 3 is 2.25 bits per heavy atom. The maximum Gasteiger partial charge on any atom is 0.274 e. The highest BCUT2D eigenvalue weighted by Gasteiger charge is 2.23. The van der Waals surface area contributed by atoms with Crippen molar-refractivity contribution in [3.05, 3.63) is 70.2 Å². The fraction of sp³-hybridized carbons (Fsp3) is 0.318. The van der Waals surface area contributed by atoms with Crippen LogP contribution in [0.2, 0.25) is 0 Å². The molecule has 1 aromatic carbocycles. The van der Waals surface area contributed by atoms with Crippen LogP contribution in [0, 0.1) is 0 Å². The van der Waals surface area contributed by atoms with E-state index in [2.05, 4.69) is 5.32 Å². The van der Waals surface area contributed by atoms with Gasteiger partial charge in [0.05, 0.1) is 5.56 Å². The van der Waals surface area contributed by atoms with Gasteiger partial charge >= 0.3 is 0 Å². The van der Waals surface area contributed by atoms with Crippen LogP contribution in [0.15, 0.2) is 53.5 Å². The Hall–Kier alpha value is -3.15. The number of rotatable bonds is 6. The zero-order valence-electron chi connectivity index (χ0n) is 17.0. The number of benzene rings is 1. The number of aryl methyl sites for hydroxylation is 1. The Labute approximate surface area is 165 Å². The molecule has 0 unspecified atom stereocenters. The molecule has 0 aliphatic rings. The third-order valence-corrected chi connectivity index (χ3v) is 4.26. The Kier molecular flexibility index (Phi) is 6.93. The smallest absolute Gasteiger partial charge is 0.274 e. The van der Waals surface area contributed by atoms with Crippen molar-refractivity contribution >= 4 is 23.6 Å². The van der Waals surface area contributed by atoms with Crippen molar-refractivity contribution < 1.29 is 9.59 Å². The summed E-state index contributed by atoms with van der Waals surface area (Å²) in [5, 5.41) is 2.58. The van der Waals surface area contributed by atoms with Crippen LogP contribution in [0.4, 0.5) is 5.69 Å². The largest absolute Gasteiger partial charge is 0.334 e. The number of hydrogen-bond donors (Lipinski definition) is 1. The molecule has 148 valence electrons. The number of anilines is 1. The fourth-order valence-electron chi connectivity index (χ4n) is 3.04. The van der Waals surface area contributed by atoms with E-state index < -0.39 is 5.91 Å². The third kappa shape index (κ3) is 5.19. The second-order valence-electron chi connectivity index (χ2n) is 7.19. The summed E-state index contributed by atoms with van der Waals surface area (Å²) in [5.41, 5.74) is 0.924. The molecule has 0 spiro atoms. The Balaban J connectivity index is 2.28. The van der Waals surface area contributed by atoms with Gasteiger partial charge in [0.15, 0.2) is 0 Å². The minimum atomic E-state index is -0.435. The summed E-state index contributed by atoms with van der Waals surface area (Å²) in [6, 6.07) is 10.8. The van der Waals surface area contributed by atoms with Crippen LogP contribution in [0.3, 0.4) is 0 Å². The van der Waals surface area contributed by atoms with Gasteiger partial charge in [0.25, 0.3) is 11.5 Å². The van der Waals surface area contributed by atoms with E-state index in [9.17, 15) is 14.4 Å². The monoisotopic (exact) mass is 381 g/mol. The quantitative estimate of drug-likeness (QED) is 0.781. The first kappa shape index (κ1) is 21.2. The SMILES string of the molecule is CC(C)N(C(=O)c1cc(NC(=O)/C=C\c2ccccc2)c(=O)n(C)c1)C(C)C. The highest BCUT2D eigenvalue weighted by molar-refractivity contribution is 6.03. The Morgan fingerprint density at radius 2 is 1.68 bits per heavy atom.